The van der Waals surface area contributed by atoms with Crippen molar-refractivity contribution in [2.75, 3.05) is 6.61 Å². The molecule has 70 valence electrons. The van der Waals surface area contributed by atoms with Crippen molar-refractivity contribution in [1.29, 1.82) is 5.41 Å². The van der Waals surface area contributed by atoms with Crippen LogP contribution in [0, 0.1) is 16.6 Å². The SMILES string of the molecule is N=C(CO)Cc1cc[n+]([O-])c(F)c1. The van der Waals surface area contributed by atoms with Crippen molar-refractivity contribution in [3.05, 3.63) is 35.0 Å². The first kappa shape index (κ1) is 9.60. The molecule has 1 heterocycles. The van der Waals surface area contributed by atoms with Gasteiger partial charge in [-0.2, -0.15) is 0 Å². The van der Waals surface area contributed by atoms with Gasteiger partial charge in [-0.3, -0.25) is 0 Å². The summed E-state index contributed by atoms with van der Waals surface area (Å²) in [6.07, 6.45) is 1.20. The molecule has 0 fully saturated rings. The fraction of sp³-hybridized carbons (Fsp3) is 0.250. The molecule has 0 bridgehead atoms. The van der Waals surface area contributed by atoms with Gasteiger partial charge in [0.1, 0.15) is 0 Å². The zero-order valence-electron chi connectivity index (χ0n) is 6.83. The highest BCUT2D eigenvalue weighted by atomic mass is 19.1. The minimum Gasteiger partial charge on any atom is -0.617 e. The van der Waals surface area contributed by atoms with Crippen LogP contribution in [0.25, 0.3) is 0 Å². The molecule has 0 saturated heterocycles. The number of aromatic nitrogens is 1. The smallest absolute Gasteiger partial charge is 0.371 e. The highest BCUT2D eigenvalue weighted by molar-refractivity contribution is 5.84. The first-order valence-electron chi connectivity index (χ1n) is 3.68. The zero-order valence-corrected chi connectivity index (χ0v) is 6.83. The van der Waals surface area contributed by atoms with Gasteiger partial charge in [-0.15, -0.1) is 9.12 Å². The molecule has 0 saturated carbocycles. The number of nitrogens with zero attached hydrogens (tertiary/aromatic N) is 1. The Balaban J connectivity index is 2.79. The first-order chi connectivity index (χ1) is 6.13. The molecular formula is C8H9FN2O2. The Hall–Kier alpha value is -1.49. The lowest BCUT2D eigenvalue weighted by atomic mass is 10.1. The second-order valence-corrected chi connectivity index (χ2v) is 2.62. The molecule has 0 radical (unpaired) electrons. The molecule has 0 spiro atoms. The molecule has 0 aliphatic carbocycles. The van der Waals surface area contributed by atoms with Gasteiger partial charge in [0, 0.05) is 24.3 Å². The topological polar surface area (TPSA) is 71.0 Å². The van der Waals surface area contributed by atoms with Gasteiger partial charge in [0.05, 0.1) is 6.61 Å². The molecule has 0 unspecified atom stereocenters. The van der Waals surface area contributed by atoms with E-state index < -0.39 is 5.95 Å². The lowest BCUT2D eigenvalue weighted by Crippen LogP contribution is -2.30. The predicted octanol–water partition coefficient (Wildman–Crippen LogP) is 0.0137. The van der Waals surface area contributed by atoms with Crippen molar-refractivity contribution < 1.29 is 14.2 Å². The summed E-state index contributed by atoms with van der Waals surface area (Å²) in [6, 6.07) is 2.47. The third-order valence-electron chi connectivity index (χ3n) is 1.55. The maximum atomic E-state index is 12.7. The lowest BCUT2D eigenvalue weighted by Gasteiger charge is -2.01. The fourth-order valence-electron chi connectivity index (χ4n) is 0.912. The van der Waals surface area contributed by atoms with Gasteiger partial charge in [-0.05, 0) is 5.56 Å². The van der Waals surface area contributed by atoms with E-state index in [-0.39, 0.29) is 23.5 Å². The van der Waals surface area contributed by atoms with Crippen molar-refractivity contribution in [1.82, 2.24) is 0 Å². The number of aliphatic hydroxyl groups is 1. The molecule has 0 aliphatic rings. The second-order valence-electron chi connectivity index (χ2n) is 2.62. The number of halogens is 1. The Morgan fingerprint density at radius 1 is 1.69 bits per heavy atom. The molecule has 5 heteroatoms. The van der Waals surface area contributed by atoms with Crippen molar-refractivity contribution >= 4 is 5.71 Å². The number of hydrogen-bond acceptors (Lipinski definition) is 3. The predicted molar refractivity (Wildman–Crippen MR) is 43.9 cm³/mol. The molecule has 0 aromatic carbocycles. The van der Waals surface area contributed by atoms with Crippen LogP contribution >= 0.6 is 0 Å². The van der Waals surface area contributed by atoms with E-state index >= 15 is 0 Å². The minimum absolute atomic E-state index is 0.0862. The molecule has 0 aliphatic heterocycles. The summed E-state index contributed by atoms with van der Waals surface area (Å²) in [7, 11) is 0. The number of hydrogen-bond donors (Lipinski definition) is 2. The number of pyridine rings is 1. The molecule has 1 rings (SSSR count). The van der Waals surface area contributed by atoms with Crippen molar-refractivity contribution in [3.63, 3.8) is 0 Å². The molecule has 4 nitrogen and oxygen atoms in total. The summed E-state index contributed by atoms with van der Waals surface area (Å²) in [5.74, 6) is -0.900. The number of nitrogens with one attached hydrogen (secondary N) is 1. The van der Waals surface area contributed by atoms with E-state index in [1.54, 1.807) is 0 Å². The van der Waals surface area contributed by atoms with Gasteiger partial charge in [-0.1, -0.05) is 0 Å². The third-order valence-corrected chi connectivity index (χ3v) is 1.55. The van der Waals surface area contributed by atoms with Crippen LogP contribution in [0.15, 0.2) is 18.3 Å². The van der Waals surface area contributed by atoms with E-state index in [9.17, 15) is 9.60 Å². The average molecular weight is 184 g/mol. The summed E-state index contributed by atoms with van der Waals surface area (Å²) >= 11 is 0. The van der Waals surface area contributed by atoms with Crippen LogP contribution in [-0.4, -0.2) is 17.4 Å². The van der Waals surface area contributed by atoms with Crippen molar-refractivity contribution in [2.45, 2.75) is 6.42 Å². The molecule has 0 amide bonds. The minimum atomic E-state index is -0.900. The van der Waals surface area contributed by atoms with Crippen LogP contribution in [0.3, 0.4) is 0 Å². The van der Waals surface area contributed by atoms with Crippen molar-refractivity contribution in [3.8, 4) is 0 Å². The Bertz CT molecular complexity index is 328. The van der Waals surface area contributed by atoms with Gasteiger partial charge in [0.2, 0.25) is 0 Å². The van der Waals surface area contributed by atoms with Gasteiger partial charge in [0.15, 0.2) is 6.20 Å². The first-order valence-corrected chi connectivity index (χ1v) is 3.68. The van der Waals surface area contributed by atoms with Gasteiger partial charge in [-0.25, -0.2) is 0 Å². The number of rotatable bonds is 3. The van der Waals surface area contributed by atoms with Gasteiger partial charge >= 0.3 is 5.95 Å². The standard InChI is InChI=1S/C8H9FN2O2/c9-8-4-6(1-2-11(8)13)3-7(10)5-12/h1-2,4,10,12H,3,5H2. The molecular weight excluding hydrogens is 175 g/mol. The summed E-state index contributed by atoms with van der Waals surface area (Å²) in [5.41, 5.74) is 0.590. The van der Waals surface area contributed by atoms with E-state index in [4.69, 9.17) is 10.5 Å². The van der Waals surface area contributed by atoms with E-state index in [0.29, 0.717) is 5.56 Å². The van der Waals surface area contributed by atoms with E-state index in [2.05, 4.69) is 0 Å². The van der Waals surface area contributed by atoms with Crippen molar-refractivity contribution in [2.24, 2.45) is 0 Å². The Morgan fingerprint density at radius 3 is 2.92 bits per heavy atom. The second kappa shape index (κ2) is 3.95. The lowest BCUT2D eigenvalue weighted by molar-refractivity contribution is -0.637. The quantitative estimate of drug-likeness (QED) is 0.301. The Morgan fingerprint density at radius 2 is 2.38 bits per heavy atom. The van der Waals surface area contributed by atoms with Gasteiger partial charge < -0.3 is 15.7 Å². The van der Waals surface area contributed by atoms with Crippen LogP contribution < -0.4 is 4.73 Å². The van der Waals surface area contributed by atoms with Crippen LogP contribution in [0.1, 0.15) is 5.56 Å². The molecule has 2 N–H and O–H groups in total. The molecule has 1 aromatic rings. The maximum absolute atomic E-state index is 12.7. The maximum Gasteiger partial charge on any atom is 0.371 e. The fourth-order valence-corrected chi connectivity index (χ4v) is 0.912. The molecule has 1 aromatic heterocycles. The van der Waals surface area contributed by atoms with Crippen LogP contribution in [0.5, 0.6) is 0 Å². The van der Waals surface area contributed by atoms with Crippen LogP contribution in [0.4, 0.5) is 4.39 Å². The Kier molecular flexibility index (Phi) is 2.92. The Labute approximate surface area is 74.3 Å². The van der Waals surface area contributed by atoms with Crippen LogP contribution in [-0.2, 0) is 6.42 Å². The van der Waals surface area contributed by atoms with E-state index in [1.165, 1.54) is 6.07 Å². The molecule has 0 atom stereocenters. The zero-order chi connectivity index (χ0) is 9.84. The molecule has 13 heavy (non-hydrogen) atoms. The summed E-state index contributed by atoms with van der Waals surface area (Å²) in [6.45, 7) is -0.353. The monoisotopic (exact) mass is 184 g/mol. The van der Waals surface area contributed by atoms with Crippen LogP contribution in [0.2, 0.25) is 0 Å². The van der Waals surface area contributed by atoms with E-state index in [1.807, 2.05) is 0 Å². The highest BCUT2D eigenvalue weighted by Gasteiger charge is 2.06. The van der Waals surface area contributed by atoms with E-state index in [0.717, 1.165) is 12.3 Å². The summed E-state index contributed by atoms with van der Waals surface area (Å²) in [5, 5.41) is 26.2. The van der Waals surface area contributed by atoms with Gasteiger partial charge in [0.25, 0.3) is 0 Å². The summed E-state index contributed by atoms with van der Waals surface area (Å²) < 4.78 is 12.8. The highest BCUT2D eigenvalue weighted by Crippen LogP contribution is 2.00. The summed E-state index contributed by atoms with van der Waals surface area (Å²) in [4.78, 5) is 0. The number of aliphatic hydroxyl groups excluding tert-OH is 1. The third kappa shape index (κ3) is 2.48. The average Bonchev–Trinajstić information content (AvgIpc) is 2.11. The largest absolute Gasteiger partial charge is 0.617 e. The normalized spacial score (nSPS) is 10.0.